The molecule has 0 atom stereocenters. The Bertz CT molecular complexity index is 836. The van der Waals surface area contributed by atoms with E-state index in [9.17, 15) is 4.79 Å². The Hall–Kier alpha value is -3.14. The molecule has 0 saturated carbocycles. The molecule has 0 aliphatic carbocycles. The first kappa shape index (κ1) is 15.7. The largest absolute Gasteiger partial charge is 0.469 e. The molecule has 0 aliphatic heterocycles. The number of nitrogens with zero attached hydrogens (tertiary/aromatic N) is 1. The van der Waals surface area contributed by atoms with Gasteiger partial charge in [0.05, 0.1) is 7.11 Å². The summed E-state index contributed by atoms with van der Waals surface area (Å²) >= 11 is 0. The molecule has 1 aromatic heterocycles. The molecule has 0 fully saturated rings. The van der Waals surface area contributed by atoms with Crippen molar-refractivity contribution in [2.75, 3.05) is 7.11 Å². The summed E-state index contributed by atoms with van der Waals surface area (Å²) in [7, 11) is 1.36. The van der Waals surface area contributed by atoms with Gasteiger partial charge in [0.2, 0.25) is 5.89 Å². The van der Waals surface area contributed by atoms with Crippen molar-refractivity contribution in [2.24, 2.45) is 0 Å². The van der Waals surface area contributed by atoms with Gasteiger partial charge in [-0.2, -0.15) is 0 Å². The van der Waals surface area contributed by atoms with Gasteiger partial charge in [-0.05, 0) is 11.6 Å². The summed E-state index contributed by atoms with van der Waals surface area (Å²) in [5, 5.41) is 0. The van der Waals surface area contributed by atoms with Gasteiger partial charge in [-0.3, -0.25) is 4.79 Å². The second kappa shape index (κ2) is 7.42. The van der Waals surface area contributed by atoms with E-state index in [2.05, 4.69) is 4.98 Å². The number of carbonyl (C=O) groups excluding carboxylic acids is 1. The highest BCUT2D eigenvalue weighted by atomic mass is 16.5. The first-order valence-electron chi connectivity index (χ1n) is 7.61. The molecule has 0 bridgehead atoms. The number of hydrogen-bond acceptors (Lipinski definition) is 4. The predicted molar refractivity (Wildman–Crippen MR) is 93.0 cm³/mol. The molecule has 0 unspecified atom stereocenters. The number of rotatable bonds is 5. The molecule has 1 heterocycles. The average molecular weight is 319 g/mol. The van der Waals surface area contributed by atoms with Crippen LogP contribution in [0.2, 0.25) is 0 Å². The number of ether oxygens (including phenoxy) is 1. The van der Waals surface area contributed by atoms with Crippen LogP contribution in [0.25, 0.3) is 23.4 Å². The minimum absolute atomic E-state index is 0.0485. The van der Waals surface area contributed by atoms with Gasteiger partial charge in [-0.15, -0.1) is 0 Å². The highest BCUT2D eigenvalue weighted by Gasteiger charge is 2.17. The van der Waals surface area contributed by atoms with Crippen LogP contribution in [0.3, 0.4) is 0 Å². The molecule has 24 heavy (non-hydrogen) atoms. The quantitative estimate of drug-likeness (QED) is 0.660. The van der Waals surface area contributed by atoms with Crippen LogP contribution < -0.4 is 0 Å². The molecule has 0 aliphatic rings. The van der Waals surface area contributed by atoms with Crippen LogP contribution in [0.5, 0.6) is 0 Å². The molecule has 4 nitrogen and oxygen atoms in total. The summed E-state index contributed by atoms with van der Waals surface area (Å²) in [5.74, 6) is 0.597. The molecular formula is C20H17NO3. The lowest BCUT2D eigenvalue weighted by Gasteiger charge is -1.99. The Morgan fingerprint density at radius 3 is 2.38 bits per heavy atom. The zero-order valence-electron chi connectivity index (χ0n) is 13.3. The lowest BCUT2D eigenvalue weighted by molar-refractivity contribution is -0.140. The maximum absolute atomic E-state index is 11.6. The van der Waals surface area contributed by atoms with Gasteiger partial charge in [0.1, 0.15) is 17.9 Å². The minimum Gasteiger partial charge on any atom is -0.469 e. The van der Waals surface area contributed by atoms with Crippen molar-refractivity contribution < 1.29 is 13.9 Å². The molecule has 0 N–H and O–H groups in total. The third-order valence-corrected chi connectivity index (χ3v) is 3.51. The third-order valence-electron chi connectivity index (χ3n) is 3.51. The smallest absolute Gasteiger partial charge is 0.313 e. The van der Waals surface area contributed by atoms with E-state index in [0.29, 0.717) is 17.3 Å². The minimum atomic E-state index is -0.359. The van der Waals surface area contributed by atoms with Gasteiger partial charge < -0.3 is 9.15 Å². The SMILES string of the molecule is COC(=O)Cc1oc(/C=C/c2ccccc2)nc1-c1ccccc1. The molecule has 0 radical (unpaired) electrons. The number of methoxy groups -OCH3 is 1. The maximum atomic E-state index is 11.6. The number of aromatic nitrogens is 1. The summed E-state index contributed by atoms with van der Waals surface area (Å²) in [6, 6.07) is 19.5. The third kappa shape index (κ3) is 3.79. The maximum Gasteiger partial charge on any atom is 0.313 e. The number of benzene rings is 2. The van der Waals surface area contributed by atoms with Gasteiger partial charge in [0.15, 0.2) is 0 Å². The second-order valence-corrected chi connectivity index (χ2v) is 5.19. The number of oxazole rings is 1. The molecule has 3 aromatic rings. The summed E-state index contributed by atoms with van der Waals surface area (Å²) < 4.78 is 10.5. The van der Waals surface area contributed by atoms with E-state index in [0.717, 1.165) is 11.1 Å². The van der Waals surface area contributed by atoms with Crippen molar-refractivity contribution in [3.63, 3.8) is 0 Å². The zero-order valence-corrected chi connectivity index (χ0v) is 13.3. The zero-order chi connectivity index (χ0) is 16.8. The second-order valence-electron chi connectivity index (χ2n) is 5.19. The van der Waals surface area contributed by atoms with E-state index < -0.39 is 0 Å². The lowest BCUT2D eigenvalue weighted by Crippen LogP contribution is -2.04. The highest BCUT2D eigenvalue weighted by Crippen LogP contribution is 2.25. The molecule has 120 valence electrons. The summed E-state index contributed by atoms with van der Waals surface area (Å²) in [6.45, 7) is 0. The van der Waals surface area contributed by atoms with E-state index in [1.165, 1.54) is 7.11 Å². The van der Waals surface area contributed by atoms with Crippen molar-refractivity contribution in [2.45, 2.75) is 6.42 Å². The molecule has 2 aromatic carbocycles. The Balaban J connectivity index is 1.94. The van der Waals surface area contributed by atoms with Crippen molar-refractivity contribution in [3.8, 4) is 11.3 Å². The first-order valence-corrected chi connectivity index (χ1v) is 7.61. The lowest BCUT2D eigenvalue weighted by atomic mass is 10.1. The van der Waals surface area contributed by atoms with E-state index in [4.69, 9.17) is 9.15 Å². The standard InChI is InChI=1S/C20H17NO3/c1-23-19(22)14-17-20(16-10-6-3-7-11-16)21-18(24-17)13-12-15-8-4-2-5-9-15/h2-13H,14H2,1H3/b13-12+. The molecule has 0 amide bonds. The number of hydrogen-bond donors (Lipinski definition) is 0. The Kier molecular flexibility index (Phi) is 4.87. The van der Waals surface area contributed by atoms with Gasteiger partial charge in [-0.25, -0.2) is 4.98 Å². The fourth-order valence-corrected chi connectivity index (χ4v) is 2.32. The van der Waals surface area contributed by atoms with Gasteiger partial charge >= 0.3 is 5.97 Å². The van der Waals surface area contributed by atoms with Gasteiger partial charge in [-0.1, -0.05) is 60.7 Å². The van der Waals surface area contributed by atoms with Crippen molar-refractivity contribution in [1.82, 2.24) is 4.98 Å². The van der Waals surface area contributed by atoms with E-state index in [-0.39, 0.29) is 12.4 Å². The van der Waals surface area contributed by atoms with Crippen LogP contribution in [0, 0.1) is 0 Å². The molecule has 4 heteroatoms. The van der Waals surface area contributed by atoms with E-state index in [1.807, 2.05) is 66.7 Å². The normalized spacial score (nSPS) is 10.9. The predicted octanol–water partition coefficient (Wildman–Crippen LogP) is 4.23. The molecular weight excluding hydrogens is 302 g/mol. The van der Waals surface area contributed by atoms with Gasteiger partial charge in [0.25, 0.3) is 0 Å². The number of esters is 1. The molecule has 0 spiro atoms. The Morgan fingerprint density at radius 2 is 1.71 bits per heavy atom. The topological polar surface area (TPSA) is 52.3 Å². The van der Waals surface area contributed by atoms with E-state index >= 15 is 0 Å². The molecule has 0 saturated heterocycles. The van der Waals surface area contributed by atoms with Crippen LogP contribution in [-0.4, -0.2) is 18.1 Å². The van der Waals surface area contributed by atoms with Crippen molar-refractivity contribution in [3.05, 3.63) is 77.9 Å². The van der Waals surface area contributed by atoms with Crippen LogP contribution in [0.4, 0.5) is 0 Å². The fourth-order valence-electron chi connectivity index (χ4n) is 2.32. The van der Waals surface area contributed by atoms with Crippen molar-refractivity contribution in [1.29, 1.82) is 0 Å². The average Bonchev–Trinajstić information content (AvgIpc) is 3.04. The highest BCUT2D eigenvalue weighted by molar-refractivity contribution is 5.76. The van der Waals surface area contributed by atoms with Crippen LogP contribution in [-0.2, 0) is 16.0 Å². The summed E-state index contributed by atoms with van der Waals surface area (Å²) in [5.41, 5.74) is 2.61. The molecule has 3 rings (SSSR count). The van der Waals surface area contributed by atoms with Crippen LogP contribution >= 0.6 is 0 Å². The van der Waals surface area contributed by atoms with Gasteiger partial charge in [0, 0.05) is 11.6 Å². The Labute approximate surface area is 140 Å². The summed E-state index contributed by atoms with van der Waals surface area (Å²) in [6.07, 6.45) is 3.76. The monoisotopic (exact) mass is 319 g/mol. The Morgan fingerprint density at radius 1 is 1.04 bits per heavy atom. The first-order chi connectivity index (χ1) is 11.8. The number of carbonyl (C=O) groups is 1. The van der Waals surface area contributed by atoms with Crippen LogP contribution in [0.1, 0.15) is 17.2 Å². The fraction of sp³-hybridized carbons (Fsp3) is 0.100. The van der Waals surface area contributed by atoms with Crippen LogP contribution in [0.15, 0.2) is 65.1 Å². The van der Waals surface area contributed by atoms with E-state index in [1.54, 1.807) is 6.08 Å². The van der Waals surface area contributed by atoms with Crippen molar-refractivity contribution >= 4 is 18.1 Å². The summed E-state index contributed by atoms with van der Waals surface area (Å²) in [4.78, 5) is 16.1.